The third kappa shape index (κ3) is 7.09. The van der Waals surface area contributed by atoms with Crippen LogP contribution in [0.3, 0.4) is 0 Å². The molecule has 1 unspecified atom stereocenters. The minimum Gasteiger partial charge on any atom is -0.353 e. The summed E-state index contributed by atoms with van der Waals surface area (Å²) in [5.74, 6) is -1.01. The van der Waals surface area contributed by atoms with Crippen LogP contribution < -0.4 is 16.0 Å². The van der Waals surface area contributed by atoms with Gasteiger partial charge in [0.15, 0.2) is 0 Å². The molecular formula is C25H32ClN3O3. The molecule has 1 atom stereocenters. The predicted octanol–water partition coefficient (Wildman–Crippen LogP) is 3.94. The zero-order chi connectivity index (χ0) is 23.9. The van der Waals surface area contributed by atoms with Crippen LogP contribution in [-0.2, 0) is 10.2 Å². The van der Waals surface area contributed by atoms with Crippen LogP contribution in [0.15, 0.2) is 48.5 Å². The van der Waals surface area contributed by atoms with Gasteiger partial charge in [-0.2, -0.15) is 0 Å². The van der Waals surface area contributed by atoms with Crippen LogP contribution in [-0.4, -0.2) is 36.9 Å². The van der Waals surface area contributed by atoms with Crippen molar-refractivity contribution in [2.45, 2.75) is 46.1 Å². The van der Waals surface area contributed by atoms with Crippen molar-refractivity contribution < 1.29 is 14.4 Å². The molecular weight excluding hydrogens is 426 g/mol. The number of carbonyl (C=O) groups excluding carboxylic acids is 3. The Morgan fingerprint density at radius 2 is 1.47 bits per heavy atom. The Bertz CT molecular complexity index is 950. The molecule has 3 amide bonds. The van der Waals surface area contributed by atoms with Gasteiger partial charge < -0.3 is 16.0 Å². The number of rotatable bonds is 8. The molecule has 0 fully saturated rings. The standard InChI is InChI=1S/C25H32ClN3O3/c1-16(2)21(29-22(30)17-10-12-18(13-11-17)25(3,4)5)24(32)28-15-14-27-23(31)19-8-6-7-9-20(19)26/h6-13,16,21H,14-15H2,1-5H3,(H,27,31)(H,28,32)(H,29,30). The fourth-order valence-electron chi connectivity index (χ4n) is 3.09. The van der Waals surface area contributed by atoms with E-state index >= 15 is 0 Å². The second kappa shape index (κ2) is 11.1. The molecule has 0 spiro atoms. The van der Waals surface area contributed by atoms with E-state index in [0.717, 1.165) is 5.56 Å². The number of nitrogens with one attached hydrogen (secondary N) is 3. The summed E-state index contributed by atoms with van der Waals surface area (Å²) in [5.41, 5.74) is 2.01. The minimum atomic E-state index is -0.691. The van der Waals surface area contributed by atoms with E-state index in [4.69, 9.17) is 11.6 Å². The summed E-state index contributed by atoms with van der Waals surface area (Å²) in [4.78, 5) is 37.5. The lowest BCUT2D eigenvalue weighted by molar-refractivity contribution is -0.123. The predicted molar refractivity (Wildman–Crippen MR) is 128 cm³/mol. The highest BCUT2D eigenvalue weighted by atomic mass is 35.5. The van der Waals surface area contributed by atoms with Gasteiger partial charge in [-0.3, -0.25) is 14.4 Å². The lowest BCUT2D eigenvalue weighted by atomic mass is 9.86. The van der Waals surface area contributed by atoms with E-state index in [2.05, 4.69) is 36.7 Å². The van der Waals surface area contributed by atoms with Crippen molar-refractivity contribution >= 4 is 29.3 Å². The Labute approximate surface area is 195 Å². The first-order valence-corrected chi connectivity index (χ1v) is 11.1. The van der Waals surface area contributed by atoms with Gasteiger partial charge in [0.05, 0.1) is 10.6 Å². The number of halogens is 1. The number of hydrogen-bond donors (Lipinski definition) is 3. The Balaban J connectivity index is 1.88. The maximum atomic E-state index is 12.7. The van der Waals surface area contributed by atoms with Gasteiger partial charge in [0.2, 0.25) is 5.91 Å². The van der Waals surface area contributed by atoms with Crippen molar-refractivity contribution in [3.63, 3.8) is 0 Å². The van der Waals surface area contributed by atoms with Gasteiger partial charge in [-0.15, -0.1) is 0 Å². The molecule has 0 radical (unpaired) electrons. The molecule has 0 aliphatic carbocycles. The summed E-state index contributed by atoms with van der Waals surface area (Å²) >= 11 is 6.02. The van der Waals surface area contributed by atoms with Crippen LogP contribution in [0.1, 0.15) is 60.9 Å². The van der Waals surface area contributed by atoms with Gasteiger partial charge in [-0.05, 0) is 41.2 Å². The maximum absolute atomic E-state index is 12.7. The monoisotopic (exact) mass is 457 g/mol. The molecule has 0 bridgehead atoms. The number of hydrogen-bond acceptors (Lipinski definition) is 3. The highest BCUT2D eigenvalue weighted by Crippen LogP contribution is 2.22. The van der Waals surface area contributed by atoms with Crippen molar-refractivity contribution in [2.24, 2.45) is 5.92 Å². The van der Waals surface area contributed by atoms with Crippen LogP contribution >= 0.6 is 11.6 Å². The third-order valence-electron chi connectivity index (χ3n) is 5.08. The fraction of sp³-hybridized carbons (Fsp3) is 0.400. The molecule has 2 aromatic rings. The molecule has 0 aromatic heterocycles. The Kier molecular flexibility index (Phi) is 8.84. The molecule has 0 saturated heterocycles. The van der Waals surface area contributed by atoms with Crippen molar-refractivity contribution in [3.8, 4) is 0 Å². The number of benzene rings is 2. The van der Waals surface area contributed by atoms with Crippen molar-refractivity contribution in [1.82, 2.24) is 16.0 Å². The molecule has 6 nitrogen and oxygen atoms in total. The molecule has 2 aromatic carbocycles. The Hall–Kier alpha value is -2.86. The largest absolute Gasteiger partial charge is 0.353 e. The highest BCUT2D eigenvalue weighted by Gasteiger charge is 2.24. The van der Waals surface area contributed by atoms with Crippen molar-refractivity contribution in [1.29, 1.82) is 0 Å². The highest BCUT2D eigenvalue weighted by molar-refractivity contribution is 6.33. The average Bonchev–Trinajstić information content (AvgIpc) is 2.74. The summed E-state index contributed by atoms with van der Waals surface area (Å²) in [5, 5.41) is 8.68. The number of carbonyl (C=O) groups is 3. The van der Waals surface area contributed by atoms with Crippen molar-refractivity contribution in [3.05, 3.63) is 70.2 Å². The quantitative estimate of drug-likeness (QED) is 0.525. The van der Waals surface area contributed by atoms with Gasteiger partial charge in [-0.25, -0.2) is 0 Å². The van der Waals surface area contributed by atoms with Crippen LogP contribution in [0.2, 0.25) is 5.02 Å². The summed E-state index contributed by atoms with van der Waals surface area (Å²) in [6.07, 6.45) is 0. The van der Waals surface area contributed by atoms with E-state index < -0.39 is 6.04 Å². The van der Waals surface area contributed by atoms with Gasteiger partial charge in [-0.1, -0.05) is 70.5 Å². The van der Waals surface area contributed by atoms with E-state index in [9.17, 15) is 14.4 Å². The lowest BCUT2D eigenvalue weighted by Crippen LogP contribution is -2.50. The van der Waals surface area contributed by atoms with E-state index in [1.165, 1.54) is 0 Å². The average molecular weight is 458 g/mol. The second-order valence-electron chi connectivity index (χ2n) is 9.05. The van der Waals surface area contributed by atoms with Crippen LogP contribution in [0.5, 0.6) is 0 Å². The van der Waals surface area contributed by atoms with Crippen LogP contribution in [0.25, 0.3) is 0 Å². The maximum Gasteiger partial charge on any atom is 0.252 e. The molecule has 7 heteroatoms. The zero-order valence-corrected chi connectivity index (χ0v) is 20.0. The molecule has 32 heavy (non-hydrogen) atoms. The Morgan fingerprint density at radius 1 is 0.875 bits per heavy atom. The molecule has 0 saturated carbocycles. The van der Waals surface area contributed by atoms with E-state index in [0.29, 0.717) is 16.1 Å². The first kappa shape index (κ1) is 25.4. The normalized spacial score (nSPS) is 12.2. The molecule has 172 valence electrons. The van der Waals surface area contributed by atoms with Gasteiger partial charge in [0, 0.05) is 18.7 Å². The summed E-state index contributed by atoms with van der Waals surface area (Å²) < 4.78 is 0. The molecule has 0 aliphatic heterocycles. The smallest absolute Gasteiger partial charge is 0.252 e. The van der Waals surface area contributed by atoms with E-state index in [1.54, 1.807) is 36.4 Å². The second-order valence-corrected chi connectivity index (χ2v) is 9.46. The molecule has 0 aliphatic rings. The molecule has 2 rings (SSSR count). The summed E-state index contributed by atoms with van der Waals surface area (Å²) in [6.45, 7) is 10.5. The van der Waals surface area contributed by atoms with Gasteiger partial charge >= 0.3 is 0 Å². The van der Waals surface area contributed by atoms with Gasteiger partial charge in [0.25, 0.3) is 11.8 Å². The molecule has 0 heterocycles. The lowest BCUT2D eigenvalue weighted by Gasteiger charge is -2.22. The SMILES string of the molecule is CC(C)C(NC(=O)c1ccc(C(C)(C)C)cc1)C(=O)NCCNC(=O)c1ccccc1Cl. The Morgan fingerprint density at radius 3 is 2.03 bits per heavy atom. The fourth-order valence-corrected chi connectivity index (χ4v) is 3.31. The van der Waals surface area contributed by atoms with Crippen molar-refractivity contribution in [2.75, 3.05) is 13.1 Å². The summed E-state index contributed by atoms with van der Waals surface area (Å²) in [7, 11) is 0. The summed E-state index contributed by atoms with van der Waals surface area (Å²) in [6, 6.07) is 13.5. The minimum absolute atomic E-state index is 0.00335. The topological polar surface area (TPSA) is 87.3 Å². The molecule has 3 N–H and O–H groups in total. The zero-order valence-electron chi connectivity index (χ0n) is 19.3. The van der Waals surface area contributed by atoms with Crippen LogP contribution in [0.4, 0.5) is 0 Å². The number of amides is 3. The van der Waals surface area contributed by atoms with Gasteiger partial charge in [0.1, 0.15) is 6.04 Å². The van der Waals surface area contributed by atoms with E-state index in [-0.39, 0.29) is 42.1 Å². The third-order valence-corrected chi connectivity index (χ3v) is 5.41. The first-order valence-electron chi connectivity index (χ1n) is 10.7. The first-order chi connectivity index (χ1) is 15.0. The van der Waals surface area contributed by atoms with E-state index in [1.807, 2.05) is 26.0 Å². The van der Waals surface area contributed by atoms with Crippen LogP contribution in [0, 0.1) is 5.92 Å².